The van der Waals surface area contributed by atoms with Crippen LogP contribution in [0.25, 0.3) is 0 Å². The molecule has 0 radical (unpaired) electrons. The van der Waals surface area contributed by atoms with Gasteiger partial charge in [0.05, 0.1) is 5.92 Å². The Kier molecular flexibility index (Phi) is 5.35. The van der Waals surface area contributed by atoms with E-state index in [2.05, 4.69) is 17.2 Å². The first-order valence-corrected chi connectivity index (χ1v) is 8.70. The van der Waals surface area contributed by atoms with Crippen molar-refractivity contribution in [1.29, 1.82) is 0 Å². The van der Waals surface area contributed by atoms with Gasteiger partial charge in [-0.1, -0.05) is 36.9 Å². The molecule has 3 rings (SSSR count). The van der Waals surface area contributed by atoms with Crippen molar-refractivity contribution in [3.63, 3.8) is 0 Å². The summed E-state index contributed by atoms with van der Waals surface area (Å²) in [4.78, 5) is 35.9. The van der Waals surface area contributed by atoms with Crippen LogP contribution in [0.2, 0.25) is 0 Å². The van der Waals surface area contributed by atoms with Gasteiger partial charge in [-0.05, 0) is 42.2 Å². The van der Waals surface area contributed by atoms with E-state index in [1.54, 1.807) is 12.1 Å². The molecule has 0 spiro atoms. The van der Waals surface area contributed by atoms with E-state index in [1.165, 1.54) is 0 Å². The number of amides is 3. The van der Waals surface area contributed by atoms with E-state index in [0.29, 0.717) is 24.9 Å². The number of hydrogen-bond acceptors (Lipinski definition) is 3. The van der Waals surface area contributed by atoms with Crippen molar-refractivity contribution in [3.8, 4) is 0 Å². The molecule has 2 aromatic carbocycles. The number of aryl methyl sites for hydroxylation is 1. The molecule has 3 amide bonds. The number of benzene rings is 2. The summed E-state index contributed by atoms with van der Waals surface area (Å²) in [7, 11) is 0. The quantitative estimate of drug-likeness (QED) is 0.687. The van der Waals surface area contributed by atoms with Crippen LogP contribution in [-0.4, -0.2) is 17.7 Å². The summed E-state index contributed by atoms with van der Waals surface area (Å²) in [6.45, 7) is 3.71. The Bertz CT molecular complexity index is 906. The lowest BCUT2D eigenvalue weighted by Crippen LogP contribution is -2.31. The highest BCUT2D eigenvalue weighted by atomic mass is 16.2. The second kappa shape index (κ2) is 7.86. The Balaban J connectivity index is 1.79. The van der Waals surface area contributed by atoms with E-state index in [-0.39, 0.29) is 17.4 Å². The number of hydrogen-bond donors (Lipinski definition) is 3. The Morgan fingerprint density at radius 3 is 2.59 bits per heavy atom. The molecule has 0 aliphatic carbocycles. The van der Waals surface area contributed by atoms with Crippen LogP contribution in [0.5, 0.6) is 0 Å². The van der Waals surface area contributed by atoms with Crippen molar-refractivity contribution in [2.24, 2.45) is 11.7 Å². The van der Waals surface area contributed by atoms with Gasteiger partial charge >= 0.3 is 0 Å². The maximum absolute atomic E-state index is 12.8. The maximum atomic E-state index is 12.8. The summed E-state index contributed by atoms with van der Waals surface area (Å²) in [5.41, 5.74) is 8.67. The summed E-state index contributed by atoms with van der Waals surface area (Å²) >= 11 is 0. The lowest BCUT2D eigenvalue weighted by atomic mass is 9.91. The molecule has 6 nitrogen and oxygen atoms in total. The van der Waals surface area contributed by atoms with Gasteiger partial charge in [0.1, 0.15) is 0 Å². The second-order valence-corrected chi connectivity index (χ2v) is 6.54. The van der Waals surface area contributed by atoms with Crippen LogP contribution >= 0.6 is 0 Å². The Labute approximate surface area is 157 Å². The predicted octanol–water partition coefficient (Wildman–Crippen LogP) is 2.41. The number of fused-ring (bicyclic) bond motifs is 1. The van der Waals surface area contributed by atoms with Crippen molar-refractivity contribution in [2.75, 3.05) is 10.6 Å². The minimum Gasteiger partial charge on any atom is -0.366 e. The first-order valence-electron chi connectivity index (χ1n) is 8.70. The molecule has 0 aromatic heterocycles. The van der Waals surface area contributed by atoms with Gasteiger partial charge in [-0.3, -0.25) is 14.4 Å². The highest BCUT2D eigenvalue weighted by Crippen LogP contribution is 2.26. The van der Waals surface area contributed by atoms with Crippen molar-refractivity contribution >= 4 is 29.1 Å². The average Bonchev–Trinajstić information content (AvgIpc) is 2.66. The number of carbonyl (C=O) groups is 3. The van der Waals surface area contributed by atoms with Crippen LogP contribution in [0.15, 0.2) is 60.7 Å². The van der Waals surface area contributed by atoms with Gasteiger partial charge in [0.2, 0.25) is 17.7 Å². The third kappa shape index (κ3) is 4.41. The van der Waals surface area contributed by atoms with Gasteiger partial charge in [-0.25, -0.2) is 0 Å². The highest BCUT2D eigenvalue weighted by Gasteiger charge is 2.26. The molecule has 1 aliphatic heterocycles. The summed E-state index contributed by atoms with van der Waals surface area (Å²) in [5.74, 6) is -1.82. The third-order valence-electron chi connectivity index (χ3n) is 4.60. The monoisotopic (exact) mass is 363 g/mol. The van der Waals surface area contributed by atoms with Gasteiger partial charge in [-0.15, -0.1) is 0 Å². The maximum Gasteiger partial charge on any atom is 0.244 e. The molecule has 138 valence electrons. The molecule has 0 saturated carbocycles. The zero-order valence-electron chi connectivity index (χ0n) is 14.8. The standard InChI is InChI=1S/C21H21N3O3/c1-13(20(22)26)17(11-14-5-3-2-4-6-14)21(27)23-16-8-9-18-15(12-16)7-10-19(25)24-18/h2-6,8-9,12,17H,1,7,10-11H2,(H2,22,26)(H,23,27)(H,24,25)/t17-/m0/s1. The summed E-state index contributed by atoms with van der Waals surface area (Å²) in [6.07, 6.45) is 1.36. The molecule has 6 heteroatoms. The molecule has 1 atom stereocenters. The Morgan fingerprint density at radius 1 is 1.15 bits per heavy atom. The van der Waals surface area contributed by atoms with Gasteiger partial charge in [0, 0.05) is 23.4 Å². The molecular formula is C21H21N3O3. The van der Waals surface area contributed by atoms with Crippen molar-refractivity contribution in [1.82, 2.24) is 0 Å². The molecule has 4 N–H and O–H groups in total. The Morgan fingerprint density at radius 2 is 1.89 bits per heavy atom. The number of nitrogens with one attached hydrogen (secondary N) is 2. The zero-order valence-corrected chi connectivity index (χ0v) is 14.8. The van der Waals surface area contributed by atoms with Crippen molar-refractivity contribution in [2.45, 2.75) is 19.3 Å². The minimum absolute atomic E-state index is 0.0139. The molecular weight excluding hydrogens is 342 g/mol. The smallest absolute Gasteiger partial charge is 0.244 e. The fraction of sp³-hybridized carbons (Fsp3) is 0.190. The van der Waals surface area contributed by atoms with E-state index in [0.717, 1.165) is 16.8 Å². The number of rotatable bonds is 6. The van der Waals surface area contributed by atoms with Crippen LogP contribution in [0.3, 0.4) is 0 Å². The van der Waals surface area contributed by atoms with Gasteiger partial charge in [-0.2, -0.15) is 0 Å². The molecule has 0 saturated heterocycles. The molecule has 2 aromatic rings. The molecule has 1 heterocycles. The average molecular weight is 363 g/mol. The van der Waals surface area contributed by atoms with E-state index >= 15 is 0 Å². The fourth-order valence-electron chi connectivity index (χ4n) is 3.09. The SMILES string of the molecule is C=C(C(N)=O)[C@H](Cc1ccccc1)C(=O)Nc1ccc2c(c1)CCC(=O)N2. The number of anilines is 2. The van der Waals surface area contributed by atoms with Gasteiger partial charge < -0.3 is 16.4 Å². The zero-order chi connectivity index (χ0) is 19.4. The van der Waals surface area contributed by atoms with E-state index in [4.69, 9.17) is 5.73 Å². The van der Waals surface area contributed by atoms with Crippen molar-refractivity contribution in [3.05, 3.63) is 71.8 Å². The van der Waals surface area contributed by atoms with Crippen LogP contribution in [0, 0.1) is 5.92 Å². The normalized spacial score (nSPS) is 13.9. The van der Waals surface area contributed by atoms with Gasteiger partial charge in [0.25, 0.3) is 0 Å². The first-order chi connectivity index (χ1) is 12.9. The van der Waals surface area contributed by atoms with Crippen LogP contribution < -0.4 is 16.4 Å². The Hall–Kier alpha value is -3.41. The summed E-state index contributed by atoms with van der Waals surface area (Å²) in [6, 6.07) is 14.7. The molecule has 0 unspecified atom stereocenters. The van der Waals surface area contributed by atoms with E-state index < -0.39 is 11.8 Å². The topological polar surface area (TPSA) is 101 Å². The predicted molar refractivity (Wildman–Crippen MR) is 104 cm³/mol. The minimum atomic E-state index is -0.763. The van der Waals surface area contributed by atoms with Crippen LogP contribution in [0.1, 0.15) is 17.5 Å². The number of primary amides is 1. The summed E-state index contributed by atoms with van der Waals surface area (Å²) in [5, 5.41) is 5.64. The molecule has 0 bridgehead atoms. The largest absolute Gasteiger partial charge is 0.366 e. The number of carbonyl (C=O) groups excluding carboxylic acids is 3. The van der Waals surface area contributed by atoms with Crippen molar-refractivity contribution < 1.29 is 14.4 Å². The highest BCUT2D eigenvalue weighted by molar-refractivity contribution is 6.03. The van der Waals surface area contributed by atoms with E-state index in [1.807, 2.05) is 36.4 Å². The summed E-state index contributed by atoms with van der Waals surface area (Å²) < 4.78 is 0. The molecule has 0 fully saturated rings. The van der Waals surface area contributed by atoms with Crippen LogP contribution in [-0.2, 0) is 27.2 Å². The lowest BCUT2D eigenvalue weighted by Gasteiger charge is -2.20. The van der Waals surface area contributed by atoms with E-state index in [9.17, 15) is 14.4 Å². The fourth-order valence-corrected chi connectivity index (χ4v) is 3.09. The first kappa shape index (κ1) is 18.4. The number of nitrogens with two attached hydrogens (primary N) is 1. The lowest BCUT2D eigenvalue weighted by molar-refractivity contribution is -0.122. The third-order valence-corrected chi connectivity index (χ3v) is 4.60. The second-order valence-electron chi connectivity index (χ2n) is 6.54. The van der Waals surface area contributed by atoms with Crippen LogP contribution in [0.4, 0.5) is 11.4 Å². The van der Waals surface area contributed by atoms with Gasteiger partial charge in [0.15, 0.2) is 0 Å². The molecule has 27 heavy (non-hydrogen) atoms. The molecule has 1 aliphatic rings.